The lowest BCUT2D eigenvalue weighted by molar-refractivity contribution is -0.142. The molecule has 1 atom stereocenters. The normalized spacial score (nSPS) is 18.5. The number of amides is 1. The number of aliphatic hydroxyl groups is 1. The topological polar surface area (TPSA) is 94.9 Å². The van der Waals surface area contributed by atoms with Gasteiger partial charge in [-0.15, -0.1) is 0 Å². The number of likely N-dealkylation sites (tertiary alicyclic amines) is 1. The third-order valence-corrected chi connectivity index (χ3v) is 4.98. The highest BCUT2D eigenvalue weighted by molar-refractivity contribution is 6.47. The van der Waals surface area contributed by atoms with Crippen LogP contribution >= 0.6 is 11.6 Å². The summed E-state index contributed by atoms with van der Waals surface area (Å²) in [5.41, 5.74) is 1.70. The molecule has 1 saturated heterocycles. The molecule has 2 aromatic rings. The molecule has 144 valence electrons. The first-order chi connectivity index (χ1) is 13.3. The fourth-order valence-corrected chi connectivity index (χ4v) is 3.45. The molecular formula is C21H18ClNO5. The van der Waals surface area contributed by atoms with E-state index in [1.165, 1.54) is 0 Å². The predicted molar refractivity (Wildman–Crippen MR) is 104 cm³/mol. The summed E-state index contributed by atoms with van der Waals surface area (Å²) >= 11 is 6.29. The molecule has 1 fully saturated rings. The van der Waals surface area contributed by atoms with Gasteiger partial charge in [-0.1, -0.05) is 59.6 Å². The van der Waals surface area contributed by atoms with Crippen molar-refractivity contribution in [2.24, 2.45) is 0 Å². The summed E-state index contributed by atoms with van der Waals surface area (Å²) in [4.78, 5) is 37.5. The van der Waals surface area contributed by atoms with Crippen molar-refractivity contribution in [3.8, 4) is 0 Å². The van der Waals surface area contributed by atoms with Crippen LogP contribution in [0, 0.1) is 6.92 Å². The van der Waals surface area contributed by atoms with Gasteiger partial charge < -0.3 is 15.1 Å². The van der Waals surface area contributed by atoms with Crippen LogP contribution in [0.2, 0.25) is 5.02 Å². The third kappa shape index (κ3) is 3.64. The number of benzene rings is 2. The molecule has 1 amide bonds. The molecule has 0 bridgehead atoms. The van der Waals surface area contributed by atoms with Crippen LogP contribution in [-0.4, -0.2) is 39.3 Å². The lowest BCUT2D eigenvalue weighted by Crippen LogP contribution is -2.32. The zero-order valence-corrected chi connectivity index (χ0v) is 15.8. The molecule has 2 aromatic carbocycles. The van der Waals surface area contributed by atoms with Gasteiger partial charge in [0.1, 0.15) is 5.76 Å². The molecule has 0 radical (unpaired) electrons. The van der Waals surface area contributed by atoms with Crippen molar-refractivity contribution in [1.29, 1.82) is 0 Å². The summed E-state index contributed by atoms with van der Waals surface area (Å²) in [5.74, 6) is -3.15. The number of Topliss-reactive ketones (excluding diaryl/α,β-unsaturated/α-hetero) is 1. The molecule has 1 aliphatic heterocycles. The van der Waals surface area contributed by atoms with E-state index in [0.29, 0.717) is 16.1 Å². The van der Waals surface area contributed by atoms with Crippen LogP contribution in [-0.2, 0) is 14.4 Å². The van der Waals surface area contributed by atoms with E-state index >= 15 is 0 Å². The molecule has 0 aliphatic carbocycles. The molecule has 0 unspecified atom stereocenters. The van der Waals surface area contributed by atoms with Gasteiger partial charge in [0.05, 0.1) is 18.0 Å². The molecule has 2 N–H and O–H groups in total. The summed E-state index contributed by atoms with van der Waals surface area (Å²) in [5, 5.41) is 20.2. The van der Waals surface area contributed by atoms with Crippen molar-refractivity contribution in [2.75, 3.05) is 6.54 Å². The number of ketones is 1. The Bertz CT molecular complexity index is 981. The molecule has 0 saturated carbocycles. The fraction of sp³-hybridized carbons (Fsp3) is 0.190. The first-order valence-electron chi connectivity index (χ1n) is 8.63. The minimum absolute atomic E-state index is 0.104. The number of carboxylic acids is 1. The summed E-state index contributed by atoms with van der Waals surface area (Å²) in [6, 6.07) is 12.6. The van der Waals surface area contributed by atoms with E-state index in [1.807, 2.05) is 6.92 Å². The number of carbonyl (C=O) groups excluding carboxylic acids is 2. The molecule has 3 rings (SSSR count). The molecule has 0 spiro atoms. The highest BCUT2D eigenvalue weighted by atomic mass is 35.5. The molecular weight excluding hydrogens is 382 g/mol. The van der Waals surface area contributed by atoms with E-state index in [-0.39, 0.29) is 24.3 Å². The molecule has 7 heteroatoms. The monoisotopic (exact) mass is 399 g/mol. The number of rotatable bonds is 5. The summed E-state index contributed by atoms with van der Waals surface area (Å²) in [6.07, 6.45) is -0.335. The van der Waals surface area contributed by atoms with Crippen LogP contribution < -0.4 is 0 Å². The number of hydrogen-bond acceptors (Lipinski definition) is 4. The molecule has 6 nitrogen and oxygen atoms in total. The Morgan fingerprint density at radius 1 is 1.07 bits per heavy atom. The van der Waals surface area contributed by atoms with Gasteiger partial charge in [0.2, 0.25) is 0 Å². The van der Waals surface area contributed by atoms with Gasteiger partial charge in [-0.25, -0.2) is 0 Å². The highest BCUT2D eigenvalue weighted by Gasteiger charge is 2.46. The van der Waals surface area contributed by atoms with Crippen LogP contribution in [0.5, 0.6) is 0 Å². The molecule has 1 aliphatic rings. The maximum Gasteiger partial charge on any atom is 0.305 e. The quantitative estimate of drug-likeness (QED) is 0.455. The van der Waals surface area contributed by atoms with E-state index in [2.05, 4.69) is 0 Å². The van der Waals surface area contributed by atoms with Gasteiger partial charge in [0.15, 0.2) is 0 Å². The van der Waals surface area contributed by atoms with Gasteiger partial charge in [-0.2, -0.15) is 0 Å². The van der Waals surface area contributed by atoms with Gasteiger partial charge in [-0.05, 0) is 18.6 Å². The minimum atomic E-state index is -1.10. The Morgan fingerprint density at radius 2 is 1.71 bits per heavy atom. The Morgan fingerprint density at radius 3 is 2.32 bits per heavy atom. The summed E-state index contributed by atoms with van der Waals surface area (Å²) in [7, 11) is 0. The molecule has 0 aromatic heterocycles. The highest BCUT2D eigenvalue weighted by Crippen LogP contribution is 2.41. The summed E-state index contributed by atoms with van der Waals surface area (Å²) < 4.78 is 0. The fourth-order valence-electron chi connectivity index (χ4n) is 3.21. The number of aliphatic hydroxyl groups excluding tert-OH is 1. The lowest BCUT2D eigenvalue weighted by Gasteiger charge is -2.25. The summed E-state index contributed by atoms with van der Waals surface area (Å²) in [6.45, 7) is 1.71. The van der Waals surface area contributed by atoms with Crippen LogP contribution in [0.1, 0.15) is 29.2 Å². The van der Waals surface area contributed by atoms with Gasteiger partial charge in [0.25, 0.3) is 11.7 Å². The van der Waals surface area contributed by atoms with Crippen LogP contribution in [0.25, 0.3) is 5.76 Å². The Labute approximate surface area is 166 Å². The number of carboxylic acid groups (broad SMARTS) is 1. The van der Waals surface area contributed by atoms with E-state index < -0.39 is 23.7 Å². The van der Waals surface area contributed by atoms with E-state index in [0.717, 1.165) is 10.5 Å². The average Bonchev–Trinajstić information content (AvgIpc) is 2.91. The number of aliphatic carboxylic acids is 1. The smallest absolute Gasteiger partial charge is 0.305 e. The van der Waals surface area contributed by atoms with Crippen LogP contribution in [0.15, 0.2) is 54.1 Å². The SMILES string of the molecule is Cc1ccc(C(O)=C2C(=O)C(=O)N(CCC(=O)O)[C@@H]2c2ccccc2Cl)cc1. The Balaban J connectivity index is 2.18. The lowest BCUT2D eigenvalue weighted by atomic mass is 9.95. The third-order valence-electron chi connectivity index (χ3n) is 4.63. The van der Waals surface area contributed by atoms with Crippen molar-refractivity contribution in [2.45, 2.75) is 19.4 Å². The second-order valence-electron chi connectivity index (χ2n) is 6.52. The first kappa shape index (κ1) is 19.6. The Hall–Kier alpha value is -3.12. The van der Waals surface area contributed by atoms with Gasteiger partial charge in [0, 0.05) is 17.1 Å². The van der Waals surface area contributed by atoms with Crippen LogP contribution in [0.4, 0.5) is 0 Å². The number of hydrogen-bond donors (Lipinski definition) is 2. The number of carbonyl (C=O) groups is 3. The standard InChI is InChI=1S/C21H18ClNO5/c1-12-6-8-13(9-7-12)19(26)17-18(14-4-2-3-5-15(14)22)23(11-10-16(24)25)21(28)20(17)27/h2-9,18,26H,10-11H2,1H3,(H,24,25)/t18-/m1/s1. The van der Waals surface area contributed by atoms with Crippen molar-refractivity contribution in [1.82, 2.24) is 4.90 Å². The first-order valence-corrected chi connectivity index (χ1v) is 9.00. The number of aryl methyl sites for hydroxylation is 1. The zero-order chi connectivity index (χ0) is 20.4. The second-order valence-corrected chi connectivity index (χ2v) is 6.93. The minimum Gasteiger partial charge on any atom is -0.507 e. The van der Waals surface area contributed by atoms with Gasteiger partial charge in [-0.3, -0.25) is 14.4 Å². The largest absolute Gasteiger partial charge is 0.507 e. The van der Waals surface area contributed by atoms with Gasteiger partial charge >= 0.3 is 5.97 Å². The van der Waals surface area contributed by atoms with Crippen molar-refractivity contribution >= 4 is 35.0 Å². The van der Waals surface area contributed by atoms with Crippen molar-refractivity contribution in [3.63, 3.8) is 0 Å². The van der Waals surface area contributed by atoms with E-state index in [9.17, 15) is 19.5 Å². The van der Waals surface area contributed by atoms with E-state index in [1.54, 1.807) is 48.5 Å². The Kier molecular flexibility index (Phi) is 5.51. The zero-order valence-electron chi connectivity index (χ0n) is 15.1. The molecule has 1 heterocycles. The van der Waals surface area contributed by atoms with E-state index in [4.69, 9.17) is 16.7 Å². The predicted octanol–water partition coefficient (Wildman–Crippen LogP) is 3.54. The van der Waals surface area contributed by atoms with Crippen LogP contribution in [0.3, 0.4) is 0 Å². The maximum atomic E-state index is 12.7. The second kappa shape index (κ2) is 7.86. The van der Waals surface area contributed by atoms with Crippen molar-refractivity contribution in [3.05, 3.63) is 75.8 Å². The number of halogens is 1. The van der Waals surface area contributed by atoms with Crippen molar-refractivity contribution < 1.29 is 24.6 Å². The molecule has 28 heavy (non-hydrogen) atoms. The number of nitrogens with zero attached hydrogens (tertiary/aromatic N) is 1. The maximum absolute atomic E-state index is 12.7. The average molecular weight is 400 g/mol.